The molecule has 2 aliphatic rings. The molecule has 0 spiro atoms. The molecule has 3 heterocycles. The third-order valence-corrected chi connectivity index (χ3v) is 7.86. The molecule has 2 aromatic carbocycles. The third kappa shape index (κ3) is 4.16. The van der Waals surface area contributed by atoms with Gasteiger partial charge in [-0.15, -0.1) is 0 Å². The average molecular weight is 532 g/mol. The summed E-state index contributed by atoms with van der Waals surface area (Å²) < 4.78 is 12.5. The molecule has 0 saturated carbocycles. The topological polar surface area (TPSA) is 90.2 Å². The van der Waals surface area contributed by atoms with Crippen LogP contribution in [-0.2, 0) is 14.3 Å². The van der Waals surface area contributed by atoms with E-state index >= 15 is 0 Å². The average Bonchev–Trinajstić information content (AvgIpc) is 3.38. The van der Waals surface area contributed by atoms with Crippen molar-refractivity contribution >= 4 is 34.5 Å². The molecule has 2 aliphatic heterocycles. The van der Waals surface area contributed by atoms with Gasteiger partial charge in [-0.3, -0.25) is 14.2 Å². The lowest BCUT2D eigenvalue weighted by atomic mass is 9.96. The van der Waals surface area contributed by atoms with E-state index in [1.807, 2.05) is 36.4 Å². The van der Waals surface area contributed by atoms with Gasteiger partial charge in [0.25, 0.3) is 11.5 Å². The van der Waals surface area contributed by atoms with Crippen molar-refractivity contribution < 1.29 is 19.1 Å². The van der Waals surface area contributed by atoms with E-state index < -0.39 is 12.0 Å². The van der Waals surface area contributed by atoms with Gasteiger partial charge in [-0.25, -0.2) is 9.79 Å². The van der Waals surface area contributed by atoms with Gasteiger partial charge in [0.15, 0.2) is 4.80 Å². The predicted octanol–water partition coefficient (Wildman–Crippen LogP) is 3.32. The Labute approximate surface area is 224 Å². The van der Waals surface area contributed by atoms with Gasteiger partial charge in [-0.05, 0) is 44.0 Å². The molecule has 0 radical (unpaired) electrons. The highest BCUT2D eigenvalue weighted by atomic mass is 32.1. The molecular formula is C29H29N3O5S. The quantitative estimate of drug-likeness (QED) is 0.437. The maximum absolute atomic E-state index is 14.1. The van der Waals surface area contributed by atoms with E-state index in [1.165, 1.54) is 15.9 Å². The number of hydrogen-bond donors (Lipinski definition) is 0. The number of anilines is 1. The number of esters is 1. The number of fused-ring (bicyclic) bond motifs is 2. The zero-order valence-corrected chi connectivity index (χ0v) is 22.6. The van der Waals surface area contributed by atoms with Crippen LogP contribution in [0.4, 0.5) is 5.69 Å². The van der Waals surface area contributed by atoms with Crippen LogP contribution in [0.15, 0.2) is 69.6 Å². The lowest BCUT2D eigenvalue weighted by Crippen LogP contribution is -2.41. The largest absolute Gasteiger partial charge is 0.497 e. The Morgan fingerprint density at radius 3 is 2.50 bits per heavy atom. The van der Waals surface area contributed by atoms with Crippen molar-refractivity contribution in [1.29, 1.82) is 0 Å². The molecule has 1 unspecified atom stereocenters. The SMILES string of the molecule is CCCCN1C(=O)/C(=c2\sc3n(c2=O)C(c2ccc(OC)cc2)C(C(=O)OCC)=C(C)N=3)c2ccccc21. The fourth-order valence-corrected chi connectivity index (χ4v) is 6.12. The van der Waals surface area contributed by atoms with Crippen LogP contribution in [0.25, 0.3) is 5.57 Å². The summed E-state index contributed by atoms with van der Waals surface area (Å²) in [5.74, 6) is -0.0603. The van der Waals surface area contributed by atoms with Crippen LogP contribution in [0.2, 0.25) is 0 Å². The maximum atomic E-state index is 14.1. The Kier molecular flexibility index (Phi) is 7.03. The van der Waals surface area contributed by atoms with Crippen molar-refractivity contribution in [1.82, 2.24) is 4.57 Å². The molecule has 9 heteroatoms. The van der Waals surface area contributed by atoms with Crippen molar-refractivity contribution in [3.05, 3.63) is 90.6 Å². The molecule has 0 bridgehead atoms. The number of allylic oxidation sites excluding steroid dienone is 1. The Morgan fingerprint density at radius 1 is 1.08 bits per heavy atom. The van der Waals surface area contributed by atoms with Crippen LogP contribution in [0, 0.1) is 0 Å². The van der Waals surface area contributed by atoms with Crippen molar-refractivity contribution in [2.75, 3.05) is 25.2 Å². The van der Waals surface area contributed by atoms with Crippen LogP contribution in [-0.4, -0.2) is 36.7 Å². The number of aromatic nitrogens is 1. The summed E-state index contributed by atoms with van der Waals surface area (Å²) in [4.78, 5) is 47.8. The second-order valence-electron chi connectivity index (χ2n) is 9.10. The summed E-state index contributed by atoms with van der Waals surface area (Å²) in [6, 6.07) is 14.0. The fourth-order valence-electron chi connectivity index (χ4n) is 4.98. The van der Waals surface area contributed by atoms with Gasteiger partial charge in [0.05, 0.1) is 42.3 Å². The lowest BCUT2D eigenvalue weighted by molar-refractivity contribution is -0.139. The number of hydrogen-bond acceptors (Lipinski definition) is 7. The summed E-state index contributed by atoms with van der Waals surface area (Å²) in [5, 5.41) is 0. The number of rotatable bonds is 7. The van der Waals surface area contributed by atoms with E-state index in [9.17, 15) is 14.4 Å². The minimum atomic E-state index is -0.756. The van der Waals surface area contributed by atoms with E-state index in [1.54, 1.807) is 38.0 Å². The van der Waals surface area contributed by atoms with Crippen LogP contribution in [0.1, 0.15) is 50.8 Å². The molecule has 8 nitrogen and oxygen atoms in total. The predicted molar refractivity (Wildman–Crippen MR) is 146 cm³/mol. The molecule has 1 aromatic heterocycles. The second-order valence-corrected chi connectivity index (χ2v) is 10.1. The Hall–Kier alpha value is -3.98. The van der Waals surface area contributed by atoms with Crippen LogP contribution in [0.5, 0.6) is 5.75 Å². The van der Waals surface area contributed by atoms with Crippen LogP contribution in [0.3, 0.4) is 0 Å². The van der Waals surface area contributed by atoms with Crippen molar-refractivity contribution in [3.8, 4) is 5.75 Å². The number of unbranched alkanes of at least 4 members (excludes halogenated alkanes) is 1. The Morgan fingerprint density at radius 2 is 1.82 bits per heavy atom. The number of methoxy groups -OCH3 is 1. The highest BCUT2D eigenvalue weighted by Gasteiger charge is 2.37. The second kappa shape index (κ2) is 10.4. The summed E-state index contributed by atoms with van der Waals surface area (Å²) in [5.41, 5.74) is 3.05. The summed E-state index contributed by atoms with van der Waals surface area (Å²) in [6.07, 6.45) is 1.80. The standard InChI is InChI=1S/C29H29N3O5S/c1-5-7-16-31-21-11-9-8-10-20(21)23(26(31)33)25-27(34)32-24(18-12-14-19(36-4)15-13-18)22(28(35)37-6-2)17(3)30-29(32)38-25/h8-15,24H,5-7,16H2,1-4H3/b25-23-. The highest BCUT2D eigenvalue weighted by Crippen LogP contribution is 2.36. The lowest BCUT2D eigenvalue weighted by Gasteiger charge is -2.24. The first kappa shape index (κ1) is 25.7. The van der Waals surface area contributed by atoms with Crippen molar-refractivity contribution in [3.63, 3.8) is 0 Å². The van der Waals surface area contributed by atoms with E-state index in [4.69, 9.17) is 9.47 Å². The summed E-state index contributed by atoms with van der Waals surface area (Å²) in [6.45, 7) is 6.33. The monoisotopic (exact) mass is 531 g/mol. The summed E-state index contributed by atoms with van der Waals surface area (Å²) in [7, 11) is 1.58. The van der Waals surface area contributed by atoms with E-state index in [-0.39, 0.29) is 18.1 Å². The zero-order chi connectivity index (χ0) is 27.0. The number of ether oxygens (including phenoxy) is 2. The number of nitrogens with zero attached hydrogens (tertiary/aromatic N) is 3. The van der Waals surface area contributed by atoms with E-state index in [0.29, 0.717) is 44.0 Å². The molecule has 0 saturated heterocycles. The molecule has 196 valence electrons. The fraction of sp³-hybridized carbons (Fsp3) is 0.310. The van der Waals surface area contributed by atoms with Gasteiger partial charge >= 0.3 is 5.97 Å². The number of para-hydroxylation sites is 1. The van der Waals surface area contributed by atoms with E-state index in [2.05, 4.69) is 11.9 Å². The number of benzene rings is 2. The molecule has 3 aromatic rings. The Bertz CT molecular complexity index is 1630. The third-order valence-electron chi connectivity index (χ3n) is 6.81. The van der Waals surface area contributed by atoms with Crippen LogP contribution >= 0.6 is 11.3 Å². The molecule has 38 heavy (non-hydrogen) atoms. The Balaban J connectivity index is 1.77. The molecule has 1 atom stereocenters. The summed E-state index contributed by atoms with van der Waals surface area (Å²) >= 11 is 1.18. The van der Waals surface area contributed by atoms with Crippen LogP contribution < -0.4 is 24.5 Å². The first-order valence-electron chi connectivity index (χ1n) is 12.7. The first-order chi connectivity index (χ1) is 18.4. The smallest absolute Gasteiger partial charge is 0.338 e. The normalized spacial score (nSPS) is 17.7. The van der Waals surface area contributed by atoms with Gasteiger partial charge in [-0.1, -0.05) is 55.0 Å². The van der Waals surface area contributed by atoms with Gasteiger partial charge < -0.3 is 14.4 Å². The van der Waals surface area contributed by atoms with Gasteiger partial charge in [-0.2, -0.15) is 0 Å². The zero-order valence-electron chi connectivity index (χ0n) is 21.8. The molecule has 0 fully saturated rings. The van der Waals surface area contributed by atoms with Crippen molar-refractivity contribution in [2.45, 2.75) is 39.7 Å². The maximum Gasteiger partial charge on any atom is 0.338 e. The van der Waals surface area contributed by atoms with Crippen molar-refractivity contribution in [2.24, 2.45) is 4.99 Å². The van der Waals surface area contributed by atoms with Gasteiger partial charge in [0.1, 0.15) is 10.3 Å². The number of carbonyl (C=O) groups is 2. The van der Waals surface area contributed by atoms with Gasteiger partial charge in [0.2, 0.25) is 0 Å². The number of amides is 1. The van der Waals surface area contributed by atoms with Gasteiger partial charge in [0, 0.05) is 12.1 Å². The molecule has 5 rings (SSSR count). The number of thiazole rings is 1. The molecule has 1 amide bonds. The minimum absolute atomic E-state index is 0.188. The molecule has 0 N–H and O–H groups in total. The molecule has 0 aliphatic carbocycles. The minimum Gasteiger partial charge on any atom is -0.497 e. The highest BCUT2D eigenvalue weighted by molar-refractivity contribution is 7.07. The molecular weight excluding hydrogens is 502 g/mol. The number of carbonyl (C=O) groups excluding carboxylic acids is 2. The van der Waals surface area contributed by atoms with E-state index in [0.717, 1.165) is 24.1 Å². The first-order valence-corrected chi connectivity index (χ1v) is 13.5.